The highest BCUT2D eigenvalue weighted by Gasteiger charge is 2.31. The van der Waals surface area contributed by atoms with Gasteiger partial charge in [-0.05, 0) is 24.2 Å². The molecule has 5 rings (SSSR count). The van der Waals surface area contributed by atoms with E-state index in [0.717, 1.165) is 43.9 Å². The van der Waals surface area contributed by atoms with Crippen LogP contribution in [0, 0.1) is 11.3 Å². The average molecular weight is 572 g/mol. The molecule has 3 aromatic heterocycles. The Morgan fingerprint density at radius 3 is 2.64 bits per heavy atom. The molecule has 218 valence electrons. The summed E-state index contributed by atoms with van der Waals surface area (Å²) in [6.07, 6.45) is 6.24. The van der Waals surface area contributed by atoms with Crippen LogP contribution in [0.3, 0.4) is 0 Å². The van der Waals surface area contributed by atoms with Gasteiger partial charge in [-0.1, -0.05) is 30.3 Å². The number of anilines is 1. The summed E-state index contributed by atoms with van der Waals surface area (Å²) in [5.74, 6) is -2.23. The molecule has 4 aromatic rings. The number of aromatic nitrogens is 5. The van der Waals surface area contributed by atoms with Gasteiger partial charge in [0.25, 0.3) is 11.5 Å². The molecule has 0 bridgehead atoms. The van der Waals surface area contributed by atoms with E-state index in [2.05, 4.69) is 43.5 Å². The highest BCUT2D eigenvalue weighted by molar-refractivity contribution is 6.04. The molecule has 4 heterocycles. The van der Waals surface area contributed by atoms with Gasteiger partial charge in [0.1, 0.15) is 17.8 Å². The number of carbonyl (C=O) groups is 1. The lowest BCUT2D eigenvalue weighted by Gasteiger charge is -2.32. The predicted molar refractivity (Wildman–Crippen MR) is 153 cm³/mol. The molecule has 0 spiro atoms. The Balaban J connectivity index is 1.50. The molecule has 0 aliphatic carbocycles. The van der Waals surface area contributed by atoms with Crippen molar-refractivity contribution >= 4 is 11.6 Å². The zero-order valence-electron chi connectivity index (χ0n) is 23.8. The molecule has 1 aliphatic heterocycles. The SMILES string of the molecule is CC(c1nc(C(=O)Nc2cnoc2)c(O)c(=O)n1C)C(c1cnn(CCN2CCN(C)CC2)c1)c1ccccc1C#N. The lowest BCUT2D eigenvalue weighted by atomic mass is 9.80. The monoisotopic (exact) mass is 571 g/mol. The minimum Gasteiger partial charge on any atom is -0.501 e. The van der Waals surface area contributed by atoms with Gasteiger partial charge in [0.05, 0.1) is 30.6 Å². The molecular weight excluding hydrogens is 538 g/mol. The maximum Gasteiger partial charge on any atom is 0.296 e. The highest BCUT2D eigenvalue weighted by atomic mass is 16.5. The second-order valence-corrected chi connectivity index (χ2v) is 10.5. The maximum absolute atomic E-state index is 13.1. The fourth-order valence-corrected chi connectivity index (χ4v) is 5.36. The third kappa shape index (κ3) is 5.95. The van der Waals surface area contributed by atoms with Crippen LogP contribution in [-0.2, 0) is 13.6 Å². The maximum atomic E-state index is 13.1. The first-order valence-electron chi connectivity index (χ1n) is 13.7. The van der Waals surface area contributed by atoms with Gasteiger partial charge >= 0.3 is 0 Å². The number of benzene rings is 1. The summed E-state index contributed by atoms with van der Waals surface area (Å²) < 4.78 is 7.87. The van der Waals surface area contributed by atoms with Crippen molar-refractivity contribution < 1.29 is 14.4 Å². The highest BCUT2D eigenvalue weighted by Crippen LogP contribution is 2.39. The number of nitriles is 1. The van der Waals surface area contributed by atoms with Crippen molar-refractivity contribution in [3.8, 4) is 11.8 Å². The van der Waals surface area contributed by atoms with Gasteiger partial charge in [0.2, 0.25) is 5.75 Å². The van der Waals surface area contributed by atoms with Crippen molar-refractivity contribution in [2.75, 3.05) is 45.1 Å². The predicted octanol–water partition coefficient (Wildman–Crippen LogP) is 1.98. The van der Waals surface area contributed by atoms with Crippen LogP contribution in [0.5, 0.6) is 5.75 Å². The molecule has 42 heavy (non-hydrogen) atoms. The van der Waals surface area contributed by atoms with Crippen LogP contribution in [0.1, 0.15) is 51.8 Å². The molecule has 1 saturated heterocycles. The molecule has 2 N–H and O–H groups in total. The molecule has 1 aliphatic rings. The molecule has 2 unspecified atom stereocenters. The third-order valence-corrected chi connectivity index (χ3v) is 7.78. The van der Waals surface area contributed by atoms with Crippen molar-refractivity contribution in [2.24, 2.45) is 7.05 Å². The first-order valence-corrected chi connectivity index (χ1v) is 13.7. The number of nitrogens with zero attached hydrogens (tertiary/aromatic N) is 8. The Labute approximate surface area is 242 Å². The molecule has 13 nitrogen and oxygen atoms in total. The number of aromatic hydroxyl groups is 1. The summed E-state index contributed by atoms with van der Waals surface area (Å²) in [4.78, 5) is 35.3. The lowest BCUT2D eigenvalue weighted by molar-refractivity contribution is 0.101. The minimum absolute atomic E-state index is 0.251. The number of hydrogen-bond acceptors (Lipinski definition) is 10. The Bertz CT molecular complexity index is 1650. The fraction of sp³-hybridized carbons (Fsp3) is 0.379. The van der Waals surface area contributed by atoms with Gasteiger partial charge in [0, 0.05) is 57.8 Å². The van der Waals surface area contributed by atoms with Crippen LogP contribution in [0.15, 0.2) is 58.4 Å². The molecule has 2 atom stereocenters. The Morgan fingerprint density at radius 1 is 1.17 bits per heavy atom. The molecule has 1 fully saturated rings. The van der Waals surface area contributed by atoms with E-state index in [1.807, 2.05) is 29.9 Å². The van der Waals surface area contributed by atoms with Crippen LogP contribution in [-0.4, -0.2) is 85.1 Å². The van der Waals surface area contributed by atoms with Gasteiger partial charge in [-0.2, -0.15) is 10.4 Å². The van der Waals surface area contributed by atoms with E-state index in [9.17, 15) is 20.0 Å². The van der Waals surface area contributed by atoms with E-state index in [1.165, 1.54) is 24.1 Å². The van der Waals surface area contributed by atoms with E-state index in [0.29, 0.717) is 12.1 Å². The average Bonchev–Trinajstić information content (AvgIpc) is 3.68. The fourth-order valence-electron chi connectivity index (χ4n) is 5.36. The second-order valence-electron chi connectivity index (χ2n) is 10.5. The van der Waals surface area contributed by atoms with E-state index in [-0.39, 0.29) is 11.5 Å². The molecular formula is C29H33N9O4. The summed E-state index contributed by atoms with van der Waals surface area (Å²) in [6, 6.07) is 9.55. The van der Waals surface area contributed by atoms with Crippen molar-refractivity contribution in [3.05, 3.63) is 87.7 Å². The Kier molecular flexibility index (Phi) is 8.46. The number of piperazine rings is 1. The zero-order valence-corrected chi connectivity index (χ0v) is 23.8. The number of rotatable bonds is 9. The van der Waals surface area contributed by atoms with Crippen molar-refractivity contribution in [3.63, 3.8) is 0 Å². The van der Waals surface area contributed by atoms with Crippen molar-refractivity contribution in [2.45, 2.75) is 25.3 Å². The van der Waals surface area contributed by atoms with Crippen LogP contribution in [0.25, 0.3) is 0 Å². The second kappa shape index (κ2) is 12.4. The largest absolute Gasteiger partial charge is 0.501 e. The van der Waals surface area contributed by atoms with Gasteiger partial charge in [-0.25, -0.2) is 4.98 Å². The van der Waals surface area contributed by atoms with E-state index < -0.39 is 34.7 Å². The number of hydrogen-bond donors (Lipinski definition) is 2. The van der Waals surface area contributed by atoms with Gasteiger partial charge < -0.3 is 19.8 Å². The Hall–Kier alpha value is -4.80. The molecule has 1 amide bonds. The summed E-state index contributed by atoms with van der Waals surface area (Å²) in [5.41, 5.74) is 1.12. The number of carbonyl (C=O) groups excluding carboxylic acids is 1. The third-order valence-electron chi connectivity index (χ3n) is 7.78. The first-order chi connectivity index (χ1) is 20.3. The summed E-state index contributed by atoms with van der Waals surface area (Å²) >= 11 is 0. The molecule has 0 saturated carbocycles. The Morgan fingerprint density at radius 2 is 1.93 bits per heavy atom. The van der Waals surface area contributed by atoms with Gasteiger partial charge in [-0.15, -0.1) is 0 Å². The quantitative estimate of drug-likeness (QED) is 0.304. The van der Waals surface area contributed by atoms with Crippen LogP contribution in [0.2, 0.25) is 0 Å². The van der Waals surface area contributed by atoms with Crippen LogP contribution >= 0.6 is 0 Å². The number of likely N-dealkylation sites (N-methyl/N-ethyl adjacent to an activating group) is 1. The first kappa shape index (κ1) is 28.7. The molecule has 1 aromatic carbocycles. The summed E-state index contributed by atoms with van der Waals surface area (Å²) in [5, 5.41) is 31.2. The van der Waals surface area contributed by atoms with Gasteiger partial charge in [0.15, 0.2) is 5.69 Å². The van der Waals surface area contributed by atoms with E-state index >= 15 is 0 Å². The standard InChI is InChI=1S/C29H33N9O4/c1-19(27-34-25(26(39)29(41)36(27)3)28(40)33-22-16-32-42-18-22)24(23-7-5-4-6-20(23)14-30)21-15-31-38(17-21)13-12-37-10-8-35(2)9-11-37/h4-7,15-19,24,39H,8-13H2,1-3H3,(H,33,40). The zero-order chi connectivity index (χ0) is 29.8. The number of amides is 1. The smallest absolute Gasteiger partial charge is 0.296 e. The normalized spacial score (nSPS) is 15.7. The van der Waals surface area contributed by atoms with Gasteiger partial charge in [-0.3, -0.25) is 23.7 Å². The minimum atomic E-state index is -0.785. The number of nitrogens with one attached hydrogen (secondary N) is 1. The van der Waals surface area contributed by atoms with Crippen molar-refractivity contribution in [1.82, 2.24) is 34.3 Å². The lowest BCUT2D eigenvalue weighted by Crippen LogP contribution is -2.45. The molecule has 0 radical (unpaired) electrons. The van der Waals surface area contributed by atoms with Crippen molar-refractivity contribution in [1.29, 1.82) is 5.26 Å². The molecule has 13 heteroatoms. The van der Waals surface area contributed by atoms with E-state index in [4.69, 9.17) is 4.52 Å². The summed E-state index contributed by atoms with van der Waals surface area (Å²) in [6.45, 7) is 7.52. The topological polar surface area (TPSA) is 158 Å². The van der Waals surface area contributed by atoms with E-state index in [1.54, 1.807) is 18.3 Å². The van der Waals surface area contributed by atoms with Crippen LogP contribution in [0.4, 0.5) is 5.69 Å². The van der Waals surface area contributed by atoms with Crippen LogP contribution < -0.4 is 10.9 Å². The summed E-state index contributed by atoms with van der Waals surface area (Å²) in [7, 11) is 3.62.